The summed E-state index contributed by atoms with van der Waals surface area (Å²) in [5, 5.41) is 5.50. The summed E-state index contributed by atoms with van der Waals surface area (Å²) in [5.41, 5.74) is 6.68. The molecular formula is C62H76N4O8. The summed E-state index contributed by atoms with van der Waals surface area (Å²) >= 11 is 0. The second-order valence-corrected chi connectivity index (χ2v) is 21.1. The molecule has 2 aromatic heterocycles. The van der Waals surface area contributed by atoms with Crippen LogP contribution in [0, 0.1) is 22.7 Å². The van der Waals surface area contributed by atoms with Crippen molar-refractivity contribution in [3.8, 4) is 0 Å². The van der Waals surface area contributed by atoms with Crippen LogP contribution in [-0.2, 0) is 28.7 Å². The number of amides is 2. The van der Waals surface area contributed by atoms with E-state index in [1.165, 1.54) is 12.4 Å². The third kappa shape index (κ3) is 17.1. The van der Waals surface area contributed by atoms with Gasteiger partial charge in [-0.15, -0.1) is 0 Å². The van der Waals surface area contributed by atoms with Crippen molar-refractivity contribution in [1.82, 2.24) is 20.6 Å². The predicted molar refractivity (Wildman–Crippen MR) is 293 cm³/mol. The number of nitrogens with one attached hydrogen (secondary N) is 2. The monoisotopic (exact) mass is 1000 g/mol. The Kier molecular flexibility index (Phi) is 21.7. The number of hydrogen-bond donors (Lipinski definition) is 2. The van der Waals surface area contributed by atoms with Gasteiger partial charge in [-0.25, -0.2) is 9.59 Å². The highest BCUT2D eigenvalue weighted by Gasteiger charge is 2.43. The zero-order valence-electron chi connectivity index (χ0n) is 45.7. The number of allylic oxidation sites excluding steroid dienone is 20. The van der Waals surface area contributed by atoms with Gasteiger partial charge in [-0.1, -0.05) is 163 Å². The Bertz CT molecular complexity index is 2570. The summed E-state index contributed by atoms with van der Waals surface area (Å²) in [4.78, 5) is 87.4. The molecule has 74 heavy (non-hydrogen) atoms. The Labute approximate surface area is 439 Å². The fourth-order valence-electron chi connectivity index (χ4n) is 8.62. The SMILES string of the molecule is CC1=C(/C=C/C(C)=C/C=C/C(C)=C/C=C/C=C(C)/C=C/C=C(C)/C=C/C2=C(C)C(=O)C(OC(=O)C(NC(=O)c3cccnc3)C(C)C)CC2(C)C)C(C)(C)CC(OC(=O)C(NC(=O)c2cccnc2)C(C)C)C1=O. The third-order valence-electron chi connectivity index (χ3n) is 13.1. The van der Waals surface area contributed by atoms with Crippen molar-refractivity contribution >= 4 is 35.3 Å². The van der Waals surface area contributed by atoms with E-state index in [4.69, 9.17) is 9.47 Å². The molecule has 4 atom stereocenters. The number of Topliss-reactive ketones (excluding diaryl/α,β-unsaturated/α-hetero) is 2. The number of esters is 2. The summed E-state index contributed by atoms with van der Waals surface area (Å²) in [7, 11) is 0. The molecule has 2 aliphatic rings. The lowest BCUT2D eigenvalue weighted by Gasteiger charge is -2.37. The molecule has 0 saturated carbocycles. The first kappa shape index (κ1) is 59.2. The third-order valence-corrected chi connectivity index (χ3v) is 13.1. The fraction of sp³-hybridized carbons (Fsp3) is 0.387. The number of nitrogens with zero attached hydrogens (tertiary/aromatic N) is 2. The number of carbonyl (C=O) groups is 6. The van der Waals surface area contributed by atoms with Crippen LogP contribution < -0.4 is 10.6 Å². The van der Waals surface area contributed by atoms with E-state index in [0.29, 0.717) is 35.1 Å². The van der Waals surface area contributed by atoms with Gasteiger partial charge in [-0.3, -0.25) is 29.1 Å². The largest absolute Gasteiger partial charge is 0.452 e. The van der Waals surface area contributed by atoms with Gasteiger partial charge in [0.15, 0.2) is 23.8 Å². The number of ether oxygens (including phenoxy) is 2. The highest BCUT2D eigenvalue weighted by atomic mass is 16.6. The molecule has 2 N–H and O–H groups in total. The first-order valence-electron chi connectivity index (χ1n) is 25.2. The quantitative estimate of drug-likeness (QED) is 0.0961. The van der Waals surface area contributed by atoms with Crippen LogP contribution in [0.15, 0.2) is 179 Å². The lowest BCUT2D eigenvalue weighted by atomic mass is 9.71. The minimum Gasteiger partial charge on any atom is -0.452 e. The molecule has 392 valence electrons. The van der Waals surface area contributed by atoms with Gasteiger partial charge in [0.05, 0.1) is 11.1 Å². The number of pyridine rings is 2. The molecule has 0 spiro atoms. The zero-order chi connectivity index (χ0) is 54.9. The van der Waals surface area contributed by atoms with Gasteiger partial charge in [0.1, 0.15) is 12.1 Å². The summed E-state index contributed by atoms with van der Waals surface area (Å²) in [6.07, 6.45) is 32.6. The van der Waals surface area contributed by atoms with E-state index in [0.717, 1.165) is 33.4 Å². The molecule has 0 bridgehead atoms. The van der Waals surface area contributed by atoms with Gasteiger partial charge in [0.2, 0.25) is 0 Å². The topological polar surface area (TPSA) is 171 Å². The lowest BCUT2D eigenvalue weighted by Crippen LogP contribution is -2.48. The average molecular weight is 1010 g/mol. The molecule has 4 rings (SSSR count). The van der Waals surface area contributed by atoms with Crippen LogP contribution >= 0.6 is 0 Å². The van der Waals surface area contributed by atoms with E-state index in [1.54, 1.807) is 50.5 Å². The van der Waals surface area contributed by atoms with E-state index in [-0.39, 0.29) is 23.4 Å². The van der Waals surface area contributed by atoms with Gasteiger partial charge < -0.3 is 20.1 Å². The molecule has 0 saturated heterocycles. The normalized spacial score (nSPS) is 19.9. The van der Waals surface area contributed by atoms with Gasteiger partial charge in [-0.05, 0) is 111 Å². The van der Waals surface area contributed by atoms with Crippen LogP contribution in [0.5, 0.6) is 0 Å². The Morgan fingerprint density at radius 1 is 0.568 bits per heavy atom. The maximum absolute atomic E-state index is 13.6. The van der Waals surface area contributed by atoms with Crippen molar-refractivity contribution in [3.63, 3.8) is 0 Å². The molecule has 4 unspecified atom stereocenters. The summed E-state index contributed by atoms with van der Waals surface area (Å²) in [6.45, 7) is 26.9. The van der Waals surface area contributed by atoms with Crippen LogP contribution in [0.2, 0.25) is 0 Å². The highest BCUT2D eigenvalue weighted by Crippen LogP contribution is 2.42. The highest BCUT2D eigenvalue weighted by molar-refractivity contribution is 6.03. The molecule has 2 amide bonds. The second-order valence-electron chi connectivity index (χ2n) is 21.1. The number of ketones is 2. The van der Waals surface area contributed by atoms with E-state index < -0.39 is 58.9 Å². The number of hydrogen-bond acceptors (Lipinski definition) is 10. The van der Waals surface area contributed by atoms with E-state index in [1.807, 2.05) is 168 Å². The molecule has 0 fully saturated rings. The molecular weight excluding hydrogens is 929 g/mol. The van der Waals surface area contributed by atoms with Gasteiger partial charge in [-0.2, -0.15) is 0 Å². The number of aromatic nitrogens is 2. The second kappa shape index (κ2) is 27.1. The van der Waals surface area contributed by atoms with Crippen molar-refractivity contribution < 1.29 is 38.2 Å². The Morgan fingerprint density at radius 3 is 1.23 bits per heavy atom. The molecule has 0 aromatic carbocycles. The van der Waals surface area contributed by atoms with Crippen molar-refractivity contribution in [2.45, 2.75) is 134 Å². The standard InChI is InChI=1S/C62H76N4O8/c1-39(2)53(65-57(69)47-27-19-33-63-37-47)59(71)73-51-35-61(11,12)49(45(9)55(51)67)31-29-43(7)25-17-23-41(5)21-15-16-22-42(6)24-18-26-44(8)30-32-50-46(10)56(68)52(36-62(50,13)14)74-60(72)54(40(3)4)66-58(70)48-28-20-34-64-38-48/h15-34,37-40,51-54H,35-36H2,1-14H3,(H,65,69)(H,66,70)/b16-15+,23-17+,24-18+,31-29+,32-30+,41-21+,42-22+,43-25+,44-26+. The van der Waals surface area contributed by atoms with Crippen molar-refractivity contribution in [3.05, 3.63) is 190 Å². The molecule has 2 aliphatic carbocycles. The predicted octanol–water partition coefficient (Wildman–Crippen LogP) is 11.7. The average Bonchev–Trinajstić information content (AvgIpc) is 3.34. The maximum atomic E-state index is 13.6. The Hall–Kier alpha value is -7.34. The van der Waals surface area contributed by atoms with E-state index in [9.17, 15) is 28.8 Å². The molecule has 0 radical (unpaired) electrons. The summed E-state index contributed by atoms with van der Waals surface area (Å²) in [6, 6.07) is 4.65. The summed E-state index contributed by atoms with van der Waals surface area (Å²) in [5.74, 6) is -3.20. The molecule has 0 aliphatic heterocycles. The van der Waals surface area contributed by atoms with E-state index in [2.05, 4.69) is 20.6 Å². The van der Waals surface area contributed by atoms with Gasteiger partial charge in [0.25, 0.3) is 11.8 Å². The van der Waals surface area contributed by atoms with Crippen molar-refractivity contribution in [1.29, 1.82) is 0 Å². The van der Waals surface area contributed by atoms with Crippen molar-refractivity contribution in [2.75, 3.05) is 0 Å². The number of carbonyl (C=O) groups excluding carboxylic acids is 6. The smallest absolute Gasteiger partial charge is 0.329 e. The lowest BCUT2D eigenvalue weighted by molar-refractivity contribution is -0.159. The van der Waals surface area contributed by atoms with Crippen LogP contribution in [0.1, 0.15) is 130 Å². The number of rotatable bonds is 20. The van der Waals surface area contributed by atoms with E-state index >= 15 is 0 Å². The Balaban J connectivity index is 1.29. The van der Waals surface area contributed by atoms with Crippen LogP contribution in [0.4, 0.5) is 0 Å². The van der Waals surface area contributed by atoms with Gasteiger partial charge in [0, 0.05) is 37.6 Å². The van der Waals surface area contributed by atoms with Crippen LogP contribution in [0.3, 0.4) is 0 Å². The first-order valence-corrected chi connectivity index (χ1v) is 25.2. The first-order chi connectivity index (χ1) is 34.8. The molecule has 2 heterocycles. The molecule has 12 nitrogen and oxygen atoms in total. The van der Waals surface area contributed by atoms with Crippen LogP contribution in [-0.4, -0.2) is 69.6 Å². The minimum absolute atomic E-state index is 0.248. The van der Waals surface area contributed by atoms with Gasteiger partial charge >= 0.3 is 11.9 Å². The maximum Gasteiger partial charge on any atom is 0.329 e. The fourth-order valence-corrected chi connectivity index (χ4v) is 8.62. The van der Waals surface area contributed by atoms with Crippen molar-refractivity contribution in [2.24, 2.45) is 22.7 Å². The Morgan fingerprint density at radius 2 is 0.905 bits per heavy atom. The zero-order valence-corrected chi connectivity index (χ0v) is 45.7. The summed E-state index contributed by atoms with van der Waals surface area (Å²) < 4.78 is 11.6. The molecule has 12 heteroatoms. The molecule has 2 aromatic rings. The van der Waals surface area contributed by atoms with Crippen LogP contribution in [0.25, 0.3) is 0 Å². The minimum atomic E-state index is -0.961.